The van der Waals surface area contributed by atoms with Crippen molar-refractivity contribution in [3.8, 4) is 5.75 Å². The number of aryl methyl sites for hydroxylation is 1. The van der Waals surface area contributed by atoms with Gasteiger partial charge in [0, 0.05) is 11.0 Å². The lowest BCUT2D eigenvalue weighted by Gasteiger charge is -2.10. The maximum Gasteiger partial charge on any atom is 0.259 e. The molecule has 0 unspecified atom stereocenters. The molecule has 0 saturated heterocycles. The Morgan fingerprint density at radius 3 is 2.68 bits per heavy atom. The number of amides is 1. The molecule has 2 rings (SSSR count). The third-order valence-corrected chi connectivity index (χ3v) is 3.41. The van der Waals surface area contributed by atoms with E-state index in [1.807, 2.05) is 31.2 Å². The molecule has 4 heteroatoms. The molecule has 0 aliphatic rings. The minimum absolute atomic E-state index is 0.00572. The maximum absolute atomic E-state index is 12.1. The number of halogens is 1. The van der Waals surface area contributed by atoms with Crippen LogP contribution < -0.4 is 5.32 Å². The number of alkyl halides is 1. The van der Waals surface area contributed by atoms with Crippen molar-refractivity contribution in [3.63, 3.8) is 0 Å². The average molecular weight is 320 g/mol. The van der Waals surface area contributed by atoms with Crippen molar-refractivity contribution in [2.75, 3.05) is 5.32 Å². The van der Waals surface area contributed by atoms with Crippen LogP contribution in [0.2, 0.25) is 0 Å². The van der Waals surface area contributed by atoms with Crippen LogP contribution in [0.1, 0.15) is 21.5 Å². The Balaban J connectivity index is 2.26. The first kappa shape index (κ1) is 13.6. The number of para-hydroxylation sites is 1. The van der Waals surface area contributed by atoms with E-state index in [9.17, 15) is 9.90 Å². The highest BCUT2D eigenvalue weighted by Crippen LogP contribution is 2.22. The molecule has 0 saturated carbocycles. The van der Waals surface area contributed by atoms with Gasteiger partial charge < -0.3 is 10.4 Å². The molecule has 2 aromatic carbocycles. The van der Waals surface area contributed by atoms with Gasteiger partial charge in [-0.3, -0.25) is 4.79 Å². The van der Waals surface area contributed by atoms with Crippen LogP contribution in [-0.4, -0.2) is 11.0 Å². The Labute approximate surface area is 120 Å². The lowest BCUT2D eigenvalue weighted by molar-refractivity contribution is 0.102. The topological polar surface area (TPSA) is 49.3 Å². The van der Waals surface area contributed by atoms with Crippen molar-refractivity contribution >= 4 is 27.5 Å². The second-order valence-electron chi connectivity index (χ2n) is 4.27. The van der Waals surface area contributed by atoms with Gasteiger partial charge in [-0.05, 0) is 36.2 Å². The van der Waals surface area contributed by atoms with Crippen LogP contribution in [0.3, 0.4) is 0 Å². The summed E-state index contributed by atoms with van der Waals surface area (Å²) in [7, 11) is 0. The number of hydrogen-bond acceptors (Lipinski definition) is 2. The van der Waals surface area contributed by atoms with Crippen molar-refractivity contribution in [3.05, 3.63) is 59.2 Å². The van der Waals surface area contributed by atoms with Crippen LogP contribution in [0.4, 0.5) is 5.69 Å². The van der Waals surface area contributed by atoms with E-state index in [-0.39, 0.29) is 17.2 Å². The number of phenols is 1. The van der Waals surface area contributed by atoms with Crippen molar-refractivity contribution in [1.29, 1.82) is 0 Å². The zero-order chi connectivity index (χ0) is 13.8. The molecular formula is C15H14BrNO2. The van der Waals surface area contributed by atoms with E-state index >= 15 is 0 Å². The van der Waals surface area contributed by atoms with Crippen molar-refractivity contribution in [1.82, 2.24) is 0 Å². The predicted octanol–water partition coefficient (Wildman–Crippen LogP) is 3.85. The number of nitrogens with one attached hydrogen (secondary N) is 1. The number of rotatable bonds is 3. The van der Waals surface area contributed by atoms with Gasteiger partial charge in [0.05, 0.1) is 5.56 Å². The summed E-state index contributed by atoms with van der Waals surface area (Å²) in [5, 5.41) is 13.3. The Bertz CT molecular complexity index is 611. The van der Waals surface area contributed by atoms with Crippen LogP contribution >= 0.6 is 15.9 Å². The summed E-state index contributed by atoms with van der Waals surface area (Å²) in [5.74, 6) is -0.320. The monoisotopic (exact) mass is 319 g/mol. The van der Waals surface area contributed by atoms with Gasteiger partial charge >= 0.3 is 0 Å². The summed E-state index contributed by atoms with van der Waals surface area (Å²) >= 11 is 3.38. The van der Waals surface area contributed by atoms with Crippen LogP contribution in [0.15, 0.2) is 42.5 Å². The molecule has 98 valence electrons. The third kappa shape index (κ3) is 3.15. The normalized spacial score (nSPS) is 10.2. The fraction of sp³-hybridized carbons (Fsp3) is 0.133. The molecule has 0 radical (unpaired) electrons. The first-order valence-corrected chi connectivity index (χ1v) is 6.99. The molecule has 0 atom stereocenters. The SMILES string of the molecule is Cc1ccc(C(=O)Nc2ccccc2CBr)c(O)c1. The van der Waals surface area contributed by atoms with E-state index in [2.05, 4.69) is 21.2 Å². The van der Waals surface area contributed by atoms with E-state index in [4.69, 9.17) is 0 Å². The number of carbonyl (C=O) groups is 1. The molecule has 0 bridgehead atoms. The first-order valence-electron chi connectivity index (χ1n) is 5.86. The summed E-state index contributed by atoms with van der Waals surface area (Å²) in [4.78, 5) is 12.1. The molecular weight excluding hydrogens is 306 g/mol. The van der Waals surface area contributed by atoms with Gasteiger partial charge in [-0.2, -0.15) is 0 Å². The number of phenolic OH excluding ortho intramolecular Hbond substituents is 1. The fourth-order valence-electron chi connectivity index (χ4n) is 1.78. The fourth-order valence-corrected chi connectivity index (χ4v) is 2.27. The largest absolute Gasteiger partial charge is 0.507 e. The van der Waals surface area contributed by atoms with E-state index in [1.54, 1.807) is 18.2 Å². The molecule has 3 nitrogen and oxygen atoms in total. The Hall–Kier alpha value is -1.81. The standard InChI is InChI=1S/C15H14BrNO2/c1-10-6-7-12(14(18)8-10)15(19)17-13-5-3-2-4-11(13)9-16/h2-8,18H,9H2,1H3,(H,17,19). The first-order chi connectivity index (χ1) is 9.11. The molecule has 2 N–H and O–H groups in total. The van der Waals surface area contributed by atoms with E-state index < -0.39 is 0 Å². The Morgan fingerprint density at radius 1 is 1.26 bits per heavy atom. The van der Waals surface area contributed by atoms with Crippen LogP contribution in [0.25, 0.3) is 0 Å². The molecule has 1 amide bonds. The second kappa shape index (κ2) is 5.89. The molecule has 19 heavy (non-hydrogen) atoms. The summed E-state index contributed by atoms with van der Waals surface area (Å²) in [5.41, 5.74) is 2.91. The molecule has 0 aromatic heterocycles. The highest BCUT2D eigenvalue weighted by atomic mass is 79.9. The number of aromatic hydroxyl groups is 1. The highest BCUT2D eigenvalue weighted by Gasteiger charge is 2.12. The number of carbonyl (C=O) groups excluding carboxylic acids is 1. The van der Waals surface area contributed by atoms with E-state index in [1.165, 1.54) is 0 Å². The number of hydrogen-bond donors (Lipinski definition) is 2. The number of benzene rings is 2. The Kier molecular flexibility index (Phi) is 4.22. The predicted molar refractivity (Wildman–Crippen MR) is 79.9 cm³/mol. The zero-order valence-corrected chi connectivity index (χ0v) is 12.1. The van der Waals surface area contributed by atoms with Gasteiger partial charge in [-0.1, -0.05) is 40.2 Å². The minimum Gasteiger partial charge on any atom is -0.507 e. The van der Waals surface area contributed by atoms with E-state index in [0.717, 1.165) is 16.8 Å². The molecule has 0 fully saturated rings. The molecule has 0 spiro atoms. The summed E-state index contributed by atoms with van der Waals surface area (Å²) in [6.45, 7) is 1.86. The van der Waals surface area contributed by atoms with Crippen LogP contribution in [-0.2, 0) is 5.33 Å². The van der Waals surface area contributed by atoms with Crippen LogP contribution in [0, 0.1) is 6.92 Å². The molecule has 0 heterocycles. The van der Waals surface area contributed by atoms with Gasteiger partial charge in [0.2, 0.25) is 0 Å². The third-order valence-electron chi connectivity index (χ3n) is 2.81. The minimum atomic E-state index is -0.314. The quantitative estimate of drug-likeness (QED) is 0.844. The van der Waals surface area contributed by atoms with Crippen molar-refractivity contribution in [2.45, 2.75) is 12.3 Å². The van der Waals surface area contributed by atoms with Gasteiger partial charge in [0.15, 0.2) is 0 Å². The van der Waals surface area contributed by atoms with Crippen molar-refractivity contribution < 1.29 is 9.90 Å². The van der Waals surface area contributed by atoms with Gasteiger partial charge in [-0.15, -0.1) is 0 Å². The zero-order valence-electron chi connectivity index (χ0n) is 10.5. The number of anilines is 1. The summed E-state index contributed by atoms with van der Waals surface area (Å²) in [6.07, 6.45) is 0. The van der Waals surface area contributed by atoms with Crippen LogP contribution in [0.5, 0.6) is 5.75 Å². The summed E-state index contributed by atoms with van der Waals surface area (Å²) in [6, 6.07) is 12.5. The lowest BCUT2D eigenvalue weighted by atomic mass is 10.1. The molecule has 2 aromatic rings. The second-order valence-corrected chi connectivity index (χ2v) is 4.83. The van der Waals surface area contributed by atoms with Gasteiger partial charge in [0.25, 0.3) is 5.91 Å². The van der Waals surface area contributed by atoms with Crippen molar-refractivity contribution in [2.24, 2.45) is 0 Å². The van der Waals surface area contributed by atoms with Gasteiger partial charge in [-0.25, -0.2) is 0 Å². The average Bonchev–Trinajstić information content (AvgIpc) is 2.39. The Morgan fingerprint density at radius 2 is 2.00 bits per heavy atom. The van der Waals surface area contributed by atoms with E-state index in [0.29, 0.717) is 5.33 Å². The smallest absolute Gasteiger partial charge is 0.259 e. The highest BCUT2D eigenvalue weighted by molar-refractivity contribution is 9.08. The van der Waals surface area contributed by atoms with Gasteiger partial charge in [0.1, 0.15) is 5.75 Å². The maximum atomic E-state index is 12.1. The lowest BCUT2D eigenvalue weighted by Crippen LogP contribution is -2.13. The summed E-state index contributed by atoms with van der Waals surface area (Å²) < 4.78 is 0. The molecule has 0 aliphatic carbocycles. The molecule has 0 aliphatic heterocycles.